The Kier molecular flexibility index (Phi) is 7.62. The van der Waals surface area contributed by atoms with Gasteiger partial charge in [0.25, 0.3) is 0 Å². The number of hydrogen-bond acceptors (Lipinski definition) is 3. The monoisotopic (exact) mass is 344 g/mol. The van der Waals surface area contributed by atoms with Crippen molar-refractivity contribution >= 4 is 12.1 Å². The summed E-state index contributed by atoms with van der Waals surface area (Å²) in [7, 11) is 0. The first-order valence-corrected chi connectivity index (χ1v) is 8.48. The molecule has 1 aliphatic carbocycles. The zero-order valence-electron chi connectivity index (χ0n) is 15.8. The highest BCUT2D eigenvalue weighted by molar-refractivity contribution is 5.90. The minimum absolute atomic E-state index is 0.221. The maximum Gasteiger partial charge on any atom is 0.513 e. The van der Waals surface area contributed by atoms with E-state index < -0.39 is 12.1 Å². The molecule has 0 aliphatic heterocycles. The van der Waals surface area contributed by atoms with Gasteiger partial charge in [0, 0.05) is 6.08 Å². The van der Waals surface area contributed by atoms with Gasteiger partial charge in [-0.1, -0.05) is 55.4 Å². The molecule has 0 bridgehead atoms. The number of hydrogen-bond donors (Lipinski definition) is 1. The van der Waals surface area contributed by atoms with Crippen LogP contribution in [0.3, 0.4) is 0 Å². The summed E-state index contributed by atoms with van der Waals surface area (Å²) < 4.78 is 4.02. The second-order valence-corrected chi connectivity index (χ2v) is 7.11. The number of carbonyl (C=O) groups excluding carboxylic acids is 1. The summed E-state index contributed by atoms with van der Waals surface area (Å²) >= 11 is 0. The number of carbonyl (C=O) groups is 2. The van der Waals surface area contributed by atoms with E-state index in [0.717, 1.165) is 11.6 Å². The molecule has 136 valence electrons. The van der Waals surface area contributed by atoms with Crippen LogP contribution in [0.2, 0.25) is 0 Å². The second-order valence-electron chi connectivity index (χ2n) is 7.11. The van der Waals surface area contributed by atoms with E-state index in [1.54, 1.807) is 13.0 Å². The van der Waals surface area contributed by atoms with Gasteiger partial charge in [0.1, 0.15) is 0 Å². The van der Waals surface area contributed by atoms with Crippen LogP contribution >= 0.6 is 0 Å². The number of ether oxygens (including phenoxy) is 1. The van der Waals surface area contributed by atoms with Gasteiger partial charge in [0.05, 0.1) is 0 Å². The molecule has 1 aliphatic rings. The molecule has 0 spiro atoms. The summed E-state index contributed by atoms with van der Waals surface area (Å²) in [4.78, 5) is 21.4. The van der Waals surface area contributed by atoms with Crippen LogP contribution in [0.15, 0.2) is 58.7 Å². The van der Waals surface area contributed by atoms with Gasteiger partial charge in [-0.05, 0) is 56.6 Å². The first-order chi connectivity index (χ1) is 11.6. The molecule has 1 rings (SSSR count). The summed E-state index contributed by atoms with van der Waals surface area (Å²) in [5.41, 5.74) is 4.82. The molecule has 0 aromatic heterocycles. The Labute approximate surface area is 150 Å². The second kappa shape index (κ2) is 9.21. The van der Waals surface area contributed by atoms with Gasteiger partial charge in [-0.3, -0.25) is 0 Å². The molecule has 0 aromatic carbocycles. The van der Waals surface area contributed by atoms with E-state index in [1.807, 2.05) is 19.1 Å². The standard InChI is InChI=1S/C21H28O4/c1-15(8-6-9-16(2)14-19(22)25-20(23)24)11-12-18-17(3)10-7-13-21(18,4)5/h6,8-9,11-12,14H,7,10,13H2,1-5H3,(H,23,24)/b9-6+,12-11+,15-8+,16-14+. The zero-order chi connectivity index (χ0) is 19.0. The lowest BCUT2D eigenvalue weighted by molar-refractivity contribution is -0.133. The first kappa shape index (κ1) is 20.7. The van der Waals surface area contributed by atoms with Crippen molar-refractivity contribution in [2.24, 2.45) is 5.41 Å². The van der Waals surface area contributed by atoms with Crippen molar-refractivity contribution in [3.05, 3.63) is 58.7 Å². The molecule has 0 fully saturated rings. The third-order valence-corrected chi connectivity index (χ3v) is 4.31. The Morgan fingerprint density at radius 3 is 2.44 bits per heavy atom. The number of allylic oxidation sites excluding steroid dienone is 9. The van der Waals surface area contributed by atoms with E-state index in [9.17, 15) is 9.59 Å². The Morgan fingerprint density at radius 1 is 1.16 bits per heavy atom. The lowest BCUT2D eigenvalue weighted by Gasteiger charge is -2.32. The van der Waals surface area contributed by atoms with Gasteiger partial charge in [0.2, 0.25) is 0 Å². The van der Waals surface area contributed by atoms with E-state index in [1.165, 1.54) is 30.4 Å². The van der Waals surface area contributed by atoms with Crippen LogP contribution in [0.4, 0.5) is 4.79 Å². The van der Waals surface area contributed by atoms with E-state index >= 15 is 0 Å². The number of carboxylic acid groups (broad SMARTS) is 1. The van der Waals surface area contributed by atoms with Gasteiger partial charge in [-0.25, -0.2) is 9.59 Å². The molecule has 0 heterocycles. The highest BCUT2D eigenvalue weighted by Crippen LogP contribution is 2.40. The summed E-state index contributed by atoms with van der Waals surface area (Å²) in [6.45, 7) is 10.5. The Balaban J connectivity index is 2.74. The van der Waals surface area contributed by atoms with Crippen molar-refractivity contribution in [3.8, 4) is 0 Å². The average molecular weight is 344 g/mol. The van der Waals surface area contributed by atoms with Gasteiger partial charge in [-0.15, -0.1) is 0 Å². The fourth-order valence-corrected chi connectivity index (χ4v) is 2.98. The predicted octanol–water partition coefficient (Wildman–Crippen LogP) is 5.74. The number of rotatable bonds is 5. The molecule has 0 amide bonds. The third kappa shape index (κ3) is 7.38. The van der Waals surface area contributed by atoms with Crippen LogP contribution in [-0.4, -0.2) is 17.2 Å². The lowest BCUT2D eigenvalue weighted by Crippen LogP contribution is -2.19. The van der Waals surface area contributed by atoms with Crippen LogP contribution in [0.5, 0.6) is 0 Å². The highest BCUT2D eigenvalue weighted by atomic mass is 16.7. The molecule has 0 radical (unpaired) electrons. The minimum atomic E-state index is -1.60. The summed E-state index contributed by atoms with van der Waals surface area (Å²) in [5.74, 6) is -0.891. The predicted molar refractivity (Wildman–Crippen MR) is 100 cm³/mol. The third-order valence-electron chi connectivity index (χ3n) is 4.31. The van der Waals surface area contributed by atoms with Gasteiger partial charge >= 0.3 is 12.1 Å². The van der Waals surface area contributed by atoms with Gasteiger partial charge in [0.15, 0.2) is 0 Å². The molecule has 0 saturated carbocycles. The highest BCUT2D eigenvalue weighted by Gasteiger charge is 2.26. The fraction of sp³-hybridized carbons (Fsp3) is 0.429. The van der Waals surface area contributed by atoms with Crippen molar-refractivity contribution < 1.29 is 19.4 Å². The molecular formula is C21H28O4. The lowest BCUT2D eigenvalue weighted by atomic mass is 9.72. The average Bonchev–Trinajstić information content (AvgIpc) is 2.44. The van der Waals surface area contributed by atoms with Crippen molar-refractivity contribution in [2.45, 2.75) is 53.9 Å². The van der Waals surface area contributed by atoms with E-state index in [4.69, 9.17) is 5.11 Å². The van der Waals surface area contributed by atoms with Crippen LogP contribution in [0, 0.1) is 5.41 Å². The maximum atomic E-state index is 11.2. The molecule has 0 saturated heterocycles. The fourth-order valence-electron chi connectivity index (χ4n) is 2.98. The molecular weight excluding hydrogens is 316 g/mol. The Hall–Kier alpha value is -2.36. The van der Waals surface area contributed by atoms with E-state index in [-0.39, 0.29) is 5.41 Å². The van der Waals surface area contributed by atoms with Crippen LogP contribution < -0.4 is 0 Å². The van der Waals surface area contributed by atoms with E-state index in [0.29, 0.717) is 5.57 Å². The summed E-state index contributed by atoms with van der Waals surface area (Å²) in [5, 5.41) is 8.36. The van der Waals surface area contributed by atoms with Crippen LogP contribution in [-0.2, 0) is 9.53 Å². The molecule has 0 aromatic rings. The van der Waals surface area contributed by atoms with Crippen molar-refractivity contribution in [1.29, 1.82) is 0 Å². The smallest absolute Gasteiger partial charge is 0.449 e. The van der Waals surface area contributed by atoms with Gasteiger partial charge < -0.3 is 9.84 Å². The minimum Gasteiger partial charge on any atom is -0.449 e. The maximum absolute atomic E-state index is 11.2. The molecule has 25 heavy (non-hydrogen) atoms. The molecule has 0 atom stereocenters. The largest absolute Gasteiger partial charge is 0.513 e. The summed E-state index contributed by atoms with van der Waals surface area (Å²) in [6, 6.07) is 0. The summed E-state index contributed by atoms with van der Waals surface area (Å²) in [6.07, 6.45) is 13.0. The van der Waals surface area contributed by atoms with Crippen molar-refractivity contribution in [2.75, 3.05) is 0 Å². The van der Waals surface area contributed by atoms with Crippen molar-refractivity contribution in [3.63, 3.8) is 0 Å². The molecule has 4 nitrogen and oxygen atoms in total. The SMILES string of the molecule is CC1=C(/C=C/C(C)=C/C=C/C(C)=C/C(=O)OC(=O)O)C(C)(C)CCC1. The van der Waals surface area contributed by atoms with Crippen LogP contribution in [0.1, 0.15) is 53.9 Å². The zero-order valence-corrected chi connectivity index (χ0v) is 15.8. The van der Waals surface area contributed by atoms with Crippen molar-refractivity contribution in [1.82, 2.24) is 0 Å². The molecule has 1 N–H and O–H groups in total. The Morgan fingerprint density at radius 2 is 1.84 bits per heavy atom. The quantitative estimate of drug-likeness (QED) is 0.299. The number of esters is 1. The van der Waals surface area contributed by atoms with E-state index in [2.05, 4.69) is 37.7 Å². The molecule has 0 unspecified atom stereocenters. The van der Waals surface area contributed by atoms with Gasteiger partial charge in [-0.2, -0.15) is 0 Å². The topological polar surface area (TPSA) is 63.6 Å². The van der Waals surface area contributed by atoms with Crippen LogP contribution in [0.25, 0.3) is 0 Å². The molecule has 4 heteroatoms. The normalized spacial score (nSPS) is 18.9. The Bertz CT molecular complexity index is 670. The first-order valence-electron chi connectivity index (χ1n) is 8.48.